The van der Waals surface area contributed by atoms with Crippen molar-refractivity contribution in [2.75, 3.05) is 0 Å². The van der Waals surface area contributed by atoms with E-state index in [-0.39, 0.29) is 40.5 Å². The van der Waals surface area contributed by atoms with E-state index in [4.69, 9.17) is 0 Å². The summed E-state index contributed by atoms with van der Waals surface area (Å²) in [5, 5.41) is 0. The summed E-state index contributed by atoms with van der Waals surface area (Å²) in [6.45, 7) is 4.41. The summed E-state index contributed by atoms with van der Waals surface area (Å²) in [7, 11) is 0. The maximum absolute atomic E-state index is 2.20. The van der Waals surface area contributed by atoms with Crippen molar-refractivity contribution in [1.82, 2.24) is 0 Å². The van der Waals surface area contributed by atoms with Crippen molar-refractivity contribution in [2.24, 2.45) is 0 Å². The zero-order valence-electron chi connectivity index (χ0n) is 7.05. The van der Waals surface area contributed by atoms with Crippen LogP contribution in [-0.4, -0.2) is 45.0 Å². The van der Waals surface area contributed by atoms with Crippen LogP contribution in [0.3, 0.4) is 0 Å². The molecule has 0 amide bonds. The Labute approximate surface area is 120 Å². The molecular weight excluding hydrogens is 406 g/mol. The van der Waals surface area contributed by atoms with Gasteiger partial charge in [0, 0.05) is 0 Å². The molecule has 0 heterocycles. The van der Waals surface area contributed by atoms with Crippen LogP contribution in [0.2, 0.25) is 8.87 Å². The maximum atomic E-state index is 2.20. The Balaban J connectivity index is -0.0000000171. The third-order valence-electron chi connectivity index (χ3n) is 0.500. The van der Waals surface area contributed by atoms with Gasteiger partial charge in [0.15, 0.2) is 0 Å². The molecule has 0 spiro atoms. The van der Waals surface area contributed by atoms with Gasteiger partial charge in [-0.05, 0) is 0 Å². The molecule has 0 saturated carbocycles. The zero-order valence-corrected chi connectivity index (χ0v) is 15.2. The van der Waals surface area contributed by atoms with E-state index < -0.39 is 0 Å². The van der Waals surface area contributed by atoms with Crippen molar-refractivity contribution in [3.05, 3.63) is 0 Å². The minimum Gasteiger partial charge on any atom is -2.00 e. The van der Waals surface area contributed by atoms with Crippen LogP contribution in [0.5, 0.6) is 0 Å². The molecule has 0 aliphatic rings. The average Bonchev–Trinajstić information content (AvgIpc) is 1.88. The molecule has 0 fully saturated rings. The van der Waals surface area contributed by atoms with E-state index in [0.717, 1.165) is 0 Å². The summed E-state index contributed by atoms with van der Waals surface area (Å²) in [6.07, 6.45) is 2.72. The van der Waals surface area contributed by atoms with Crippen LogP contribution < -0.4 is 0 Å². The van der Waals surface area contributed by atoms with E-state index in [1.165, 1.54) is 21.7 Å². The summed E-state index contributed by atoms with van der Waals surface area (Å²) in [6, 6.07) is 0. The number of hydrogen-bond acceptors (Lipinski definition) is 0. The maximum Gasteiger partial charge on any atom is -2.00 e. The van der Waals surface area contributed by atoms with Crippen LogP contribution in [0, 0.1) is 0 Å². The Morgan fingerprint density at radius 3 is 0.818 bits per heavy atom. The van der Waals surface area contributed by atoms with Gasteiger partial charge in [0.25, 0.3) is 0 Å². The van der Waals surface area contributed by atoms with E-state index in [1.807, 2.05) is 0 Å². The summed E-state index contributed by atoms with van der Waals surface area (Å²) < 4.78 is 2.82. The van der Waals surface area contributed by atoms with Gasteiger partial charge in [-0.1, -0.05) is 0 Å². The van der Waals surface area contributed by atoms with Crippen molar-refractivity contribution in [3.8, 4) is 0 Å². The van der Waals surface area contributed by atoms with E-state index in [9.17, 15) is 0 Å². The molecule has 0 aromatic rings. The fourth-order valence-corrected chi connectivity index (χ4v) is 0. The van der Waals surface area contributed by atoms with Crippen LogP contribution in [0.25, 0.3) is 0 Å². The first kappa shape index (κ1) is 29.2. The first-order chi connectivity index (χ1) is 3.83. The Morgan fingerprint density at radius 1 is 0.727 bits per heavy atom. The summed E-state index contributed by atoms with van der Waals surface area (Å²) in [5.41, 5.74) is 0. The number of hydrogen-bond donors (Lipinski definition) is 0. The van der Waals surface area contributed by atoms with E-state index >= 15 is 0 Å². The second-order valence-corrected chi connectivity index (χ2v) is 4.35. The minimum absolute atomic E-state index is 0. The van der Waals surface area contributed by atoms with Crippen molar-refractivity contribution < 1.29 is 0 Å². The normalized spacial score (nSPS) is 5.64. The molecule has 0 unspecified atom stereocenters. The van der Waals surface area contributed by atoms with E-state index in [0.29, 0.717) is 0 Å². The Hall–Kier alpha value is 2.65. The van der Waals surface area contributed by atoms with Gasteiger partial charge in [-0.3, -0.25) is 0 Å². The fourth-order valence-electron chi connectivity index (χ4n) is 0. The molecule has 5 heteroatoms. The molecule has 0 aromatic heterocycles. The smallest absolute Gasteiger partial charge is 2.00 e. The van der Waals surface area contributed by atoms with Crippen molar-refractivity contribution in [1.29, 1.82) is 0 Å². The second kappa shape index (κ2) is 38.8. The first-order valence-electron chi connectivity index (χ1n) is 3.12. The van der Waals surface area contributed by atoms with Gasteiger partial charge in [0.1, 0.15) is 0 Å². The van der Waals surface area contributed by atoms with Crippen molar-refractivity contribution >= 4 is 85.5 Å². The van der Waals surface area contributed by atoms with Gasteiger partial charge in [-0.25, -0.2) is 0 Å². The van der Waals surface area contributed by atoms with Gasteiger partial charge in [0.2, 0.25) is 0 Å². The molecule has 0 aromatic carbocycles. The molecule has 0 N–H and O–H groups in total. The molecule has 0 atom stereocenters. The molecule has 0 nitrogen and oxygen atoms in total. The third kappa shape index (κ3) is 66.4. The van der Waals surface area contributed by atoms with Crippen LogP contribution in [0.15, 0.2) is 0 Å². The molecule has 0 saturated heterocycles. The Morgan fingerprint density at radius 2 is 0.818 bits per heavy atom. The van der Waals surface area contributed by atoms with Gasteiger partial charge >= 0.3 is 80.6 Å². The standard InChI is InChI=1S/2C3H7.3S.2Sn/c2*1-3-2;;;;;/h2*1,3H2,2H3;;;;;/q;;3*-2;2*+3. The molecule has 0 aliphatic carbocycles. The Bertz CT molecular complexity index is 23.8. The molecule has 11 heavy (non-hydrogen) atoms. The van der Waals surface area contributed by atoms with Crippen molar-refractivity contribution in [3.63, 3.8) is 0 Å². The number of rotatable bonds is 2. The van der Waals surface area contributed by atoms with Crippen LogP contribution in [0.1, 0.15) is 26.7 Å². The van der Waals surface area contributed by atoms with Crippen LogP contribution >= 0.6 is 0 Å². The molecule has 64 valence electrons. The van der Waals surface area contributed by atoms with Crippen LogP contribution in [-0.2, 0) is 40.5 Å². The second-order valence-electron chi connectivity index (χ2n) is 1.50. The summed E-state index contributed by atoms with van der Waals surface area (Å²) in [4.78, 5) is 0. The Kier molecular flexibility index (Phi) is 103. The predicted molar refractivity (Wildman–Crippen MR) is 63.8 cm³/mol. The molecule has 0 radical (unpaired) electrons. The topological polar surface area (TPSA) is 0 Å². The minimum atomic E-state index is 0. The van der Waals surface area contributed by atoms with Gasteiger partial charge in [-0.2, -0.15) is 0 Å². The first-order valence-corrected chi connectivity index (χ1v) is 7.16. The molecular formula is C6H14S3Sn2. The fraction of sp³-hybridized carbons (Fsp3) is 1.00. The van der Waals surface area contributed by atoms with Gasteiger partial charge in [0.05, 0.1) is 0 Å². The summed E-state index contributed by atoms with van der Waals surface area (Å²) >= 11 is 3.34. The van der Waals surface area contributed by atoms with E-state index in [2.05, 4.69) is 13.8 Å². The SMILES string of the molecule is CC[CH2][Sn+3].CC[CH2][Sn+3].[S-2].[S-2].[S-2]. The van der Waals surface area contributed by atoms with Crippen molar-refractivity contribution in [2.45, 2.75) is 35.6 Å². The largest absolute Gasteiger partial charge is 2.00 e. The third-order valence-corrected chi connectivity index (χ3v) is 3.35. The summed E-state index contributed by atoms with van der Waals surface area (Å²) in [5.74, 6) is 0. The average molecular weight is 420 g/mol. The van der Waals surface area contributed by atoms with Gasteiger partial charge in [-0.15, -0.1) is 0 Å². The van der Waals surface area contributed by atoms with Gasteiger partial charge < -0.3 is 40.5 Å². The quantitative estimate of drug-likeness (QED) is 0.600. The monoisotopic (exact) mass is 422 g/mol. The molecule has 0 aliphatic heterocycles. The molecule has 0 rings (SSSR count). The van der Waals surface area contributed by atoms with E-state index in [1.54, 1.807) is 45.0 Å². The molecule has 0 bridgehead atoms. The van der Waals surface area contributed by atoms with Crippen LogP contribution in [0.4, 0.5) is 0 Å². The predicted octanol–water partition coefficient (Wildman–Crippen LogP) is 1.96. The zero-order chi connectivity index (χ0) is 6.83.